The van der Waals surface area contributed by atoms with E-state index in [1.54, 1.807) is 0 Å². The highest BCUT2D eigenvalue weighted by Gasteiger charge is 2.43. The van der Waals surface area contributed by atoms with Crippen molar-refractivity contribution in [2.45, 2.75) is 31.1 Å². The average Bonchev–Trinajstić information content (AvgIpc) is 3.31. The van der Waals surface area contributed by atoms with E-state index in [9.17, 15) is 24.9 Å². The quantitative estimate of drug-likeness (QED) is 0.555. The van der Waals surface area contributed by atoms with Crippen LogP contribution >= 0.6 is 11.3 Å². The molecular weight excluding hydrogens is 396 g/mol. The third-order valence-electron chi connectivity index (χ3n) is 4.92. The first-order valence-corrected chi connectivity index (χ1v) is 9.90. The summed E-state index contributed by atoms with van der Waals surface area (Å²) >= 11 is 1.48. The summed E-state index contributed by atoms with van der Waals surface area (Å²) in [5, 5.41) is 29.4. The molecule has 1 aliphatic heterocycles. The Balaban J connectivity index is 1.64. The number of nitrogens with zero attached hydrogens (tertiary/aromatic N) is 2. The summed E-state index contributed by atoms with van der Waals surface area (Å²) in [5.74, 6) is 0. The summed E-state index contributed by atoms with van der Waals surface area (Å²) in [6, 6.07) is 14.8. The Morgan fingerprint density at radius 3 is 2.45 bits per heavy atom. The van der Waals surface area contributed by atoms with E-state index in [-0.39, 0.29) is 6.54 Å². The second-order valence-electron chi connectivity index (χ2n) is 6.79. The fourth-order valence-electron chi connectivity index (χ4n) is 3.36. The van der Waals surface area contributed by atoms with Gasteiger partial charge in [-0.2, -0.15) is 0 Å². The van der Waals surface area contributed by atoms with Crippen molar-refractivity contribution < 1.29 is 20.1 Å². The van der Waals surface area contributed by atoms with Gasteiger partial charge < -0.3 is 20.1 Å². The molecule has 9 heteroatoms. The molecule has 29 heavy (non-hydrogen) atoms. The Morgan fingerprint density at radius 2 is 1.76 bits per heavy atom. The largest absolute Gasteiger partial charge is 0.394 e. The zero-order valence-corrected chi connectivity index (χ0v) is 16.1. The second kappa shape index (κ2) is 8.05. The Kier molecular flexibility index (Phi) is 5.48. The number of ether oxygens (including phenoxy) is 1. The number of aliphatic hydroxyl groups excluding tert-OH is 3. The van der Waals surface area contributed by atoms with E-state index < -0.39 is 42.4 Å². The van der Waals surface area contributed by atoms with Crippen LogP contribution in [-0.2, 0) is 11.3 Å². The van der Waals surface area contributed by atoms with Gasteiger partial charge in [0.2, 0.25) is 0 Å². The highest BCUT2D eigenvalue weighted by atomic mass is 32.1. The molecule has 152 valence electrons. The number of aromatic nitrogens is 2. The summed E-state index contributed by atoms with van der Waals surface area (Å²) < 4.78 is 7.53. The topological polar surface area (TPSA) is 114 Å². The van der Waals surface area contributed by atoms with Crippen LogP contribution in [0.1, 0.15) is 11.1 Å². The van der Waals surface area contributed by atoms with Crippen LogP contribution in [-0.4, -0.2) is 49.4 Å². The van der Waals surface area contributed by atoms with E-state index in [1.807, 2.05) is 42.5 Å². The zero-order chi connectivity index (χ0) is 20.5. The Hall–Kier alpha value is -2.56. The van der Waals surface area contributed by atoms with Crippen LogP contribution in [0.25, 0.3) is 10.4 Å². The Morgan fingerprint density at radius 1 is 1.00 bits per heavy atom. The highest BCUT2D eigenvalue weighted by Crippen LogP contribution is 2.29. The molecule has 8 nitrogen and oxygen atoms in total. The Labute approximate surface area is 169 Å². The fraction of sp³-hybridized carbons (Fsp3) is 0.300. The summed E-state index contributed by atoms with van der Waals surface area (Å²) in [7, 11) is 0. The van der Waals surface area contributed by atoms with Gasteiger partial charge >= 0.3 is 5.69 Å². The predicted octanol–water partition coefficient (Wildman–Crippen LogP) is 0.398. The predicted molar refractivity (Wildman–Crippen MR) is 107 cm³/mol. The van der Waals surface area contributed by atoms with Crippen LogP contribution in [0.3, 0.4) is 0 Å². The molecule has 0 spiro atoms. The molecular formula is C20H20N2O6S. The Bertz CT molecular complexity index is 1110. The van der Waals surface area contributed by atoms with Gasteiger partial charge in [0, 0.05) is 22.0 Å². The first-order valence-electron chi connectivity index (χ1n) is 9.08. The second-order valence-corrected chi connectivity index (χ2v) is 7.96. The lowest BCUT2D eigenvalue weighted by Gasteiger charge is -2.18. The maximum atomic E-state index is 12.9. The normalized spacial score (nSPS) is 24.1. The van der Waals surface area contributed by atoms with Gasteiger partial charge in [-0.15, -0.1) is 11.3 Å². The van der Waals surface area contributed by atoms with Gasteiger partial charge in [-0.1, -0.05) is 30.3 Å². The SMILES string of the molecule is O=c1ccn([C@@H]2O[C@H](CO)C(O)C2O)c(=O)n1Cc1ccc(-c2ccccc2)s1. The van der Waals surface area contributed by atoms with Gasteiger partial charge in [-0.25, -0.2) is 4.79 Å². The molecule has 1 aliphatic rings. The monoisotopic (exact) mass is 416 g/mol. The molecule has 1 saturated heterocycles. The van der Waals surface area contributed by atoms with Crippen molar-refractivity contribution in [3.8, 4) is 10.4 Å². The van der Waals surface area contributed by atoms with Gasteiger partial charge in [0.1, 0.15) is 18.3 Å². The lowest BCUT2D eigenvalue weighted by molar-refractivity contribution is -0.0555. The van der Waals surface area contributed by atoms with Crippen LogP contribution in [0.15, 0.2) is 64.3 Å². The number of benzene rings is 1. The molecule has 1 fully saturated rings. The minimum Gasteiger partial charge on any atom is -0.394 e. The van der Waals surface area contributed by atoms with E-state index in [0.717, 1.165) is 24.5 Å². The van der Waals surface area contributed by atoms with Crippen LogP contribution in [0.2, 0.25) is 0 Å². The van der Waals surface area contributed by atoms with E-state index >= 15 is 0 Å². The smallest absolute Gasteiger partial charge is 0.333 e. The first-order chi connectivity index (χ1) is 14.0. The van der Waals surface area contributed by atoms with Crippen molar-refractivity contribution in [2.24, 2.45) is 0 Å². The van der Waals surface area contributed by atoms with Crippen molar-refractivity contribution in [2.75, 3.05) is 6.61 Å². The molecule has 0 bridgehead atoms. The molecule has 0 radical (unpaired) electrons. The molecule has 4 atom stereocenters. The van der Waals surface area contributed by atoms with Gasteiger partial charge in [0.25, 0.3) is 5.56 Å². The molecule has 1 aromatic carbocycles. The van der Waals surface area contributed by atoms with Crippen LogP contribution < -0.4 is 11.2 Å². The molecule has 4 rings (SSSR count). The maximum Gasteiger partial charge on any atom is 0.333 e. The van der Waals surface area contributed by atoms with E-state index in [0.29, 0.717) is 0 Å². The standard InChI is InChI=1S/C20H20N2O6S/c23-11-14-17(25)18(26)19(28-14)21-9-8-16(24)22(20(21)27)10-13-6-7-15(29-13)12-4-2-1-3-5-12/h1-9,14,17-19,23,25-26H,10-11H2/t14-,17?,18?,19-/m1/s1. The van der Waals surface area contributed by atoms with Crippen molar-refractivity contribution in [1.29, 1.82) is 0 Å². The zero-order valence-electron chi connectivity index (χ0n) is 15.3. The molecule has 3 heterocycles. The van der Waals surface area contributed by atoms with Gasteiger partial charge in [0.15, 0.2) is 6.23 Å². The van der Waals surface area contributed by atoms with Crippen molar-refractivity contribution in [1.82, 2.24) is 9.13 Å². The molecule has 2 unspecified atom stereocenters. The molecule has 0 saturated carbocycles. The number of aliphatic hydroxyl groups is 3. The molecule has 2 aromatic heterocycles. The minimum absolute atomic E-state index is 0.0742. The van der Waals surface area contributed by atoms with Gasteiger partial charge in [-0.05, 0) is 17.7 Å². The maximum absolute atomic E-state index is 12.9. The number of hydrogen-bond acceptors (Lipinski definition) is 7. The van der Waals surface area contributed by atoms with E-state index in [1.165, 1.54) is 23.6 Å². The number of hydrogen-bond donors (Lipinski definition) is 3. The molecule has 3 aromatic rings. The van der Waals surface area contributed by atoms with Crippen LogP contribution in [0.5, 0.6) is 0 Å². The van der Waals surface area contributed by atoms with Crippen LogP contribution in [0.4, 0.5) is 0 Å². The van der Waals surface area contributed by atoms with Crippen LogP contribution in [0, 0.1) is 0 Å². The fourth-order valence-corrected chi connectivity index (χ4v) is 4.36. The van der Waals surface area contributed by atoms with Gasteiger partial charge in [0.05, 0.1) is 13.2 Å². The summed E-state index contributed by atoms with van der Waals surface area (Å²) in [4.78, 5) is 27.1. The van der Waals surface area contributed by atoms with Crippen molar-refractivity contribution in [3.05, 3.63) is 80.4 Å². The third-order valence-corrected chi connectivity index (χ3v) is 6.04. The first kappa shape index (κ1) is 19.7. The van der Waals surface area contributed by atoms with Crippen molar-refractivity contribution in [3.63, 3.8) is 0 Å². The highest BCUT2D eigenvalue weighted by molar-refractivity contribution is 7.15. The number of rotatable bonds is 5. The lowest BCUT2D eigenvalue weighted by atomic mass is 10.1. The summed E-state index contributed by atoms with van der Waals surface area (Å²) in [6.07, 6.45) is -3.70. The molecule has 0 aliphatic carbocycles. The van der Waals surface area contributed by atoms with Crippen molar-refractivity contribution >= 4 is 11.3 Å². The van der Waals surface area contributed by atoms with Gasteiger partial charge in [-0.3, -0.25) is 13.9 Å². The molecule has 3 N–H and O–H groups in total. The molecule has 0 amide bonds. The van der Waals surface area contributed by atoms with E-state index in [4.69, 9.17) is 4.74 Å². The lowest BCUT2D eigenvalue weighted by Crippen LogP contribution is -2.43. The summed E-state index contributed by atoms with van der Waals surface area (Å²) in [6.45, 7) is -0.425. The number of thiophene rings is 1. The average molecular weight is 416 g/mol. The minimum atomic E-state index is -1.40. The van der Waals surface area contributed by atoms with E-state index in [2.05, 4.69) is 0 Å². The third kappa shape index (κ3) is 3.70. The summed E-state index contributed by atoms with van der Waals surface area (Å²) in [5.41, 5.74) is -0.0947.